The highest BCUT2D eigenvalue weighted by atomic mass is 16.5. The minimum absolute atomic E-state index is 0.0493. The van der Waals surface area contributed by atoms with E-state index in [1.807, 2.05) is 60.7 Å². The molecule has 1 heterocycles. The van der Waals surface area contributed by atoms with Crippen LogP contribution in [0.1, 0.15) is 30.0 Å². The Hall–Kier alpha value is -2.91. The van der Waals surface area contributed by atoms with Gasteiger partial charge >= 0.3 is 0 Å². The molecule has 0 aromatic heterocycles. The van der Waals surface area contributed by atoms with Gasteiger partial charge < -0.3 is 9.47 Å². The second-order valence-electron chi connectivity index (χ2n) is 6.71. The summed E-state index contributed by atoms with van der Waals surface area (Å²) in [6.07, 6.45) is 4.32. The third-order valence-electron chi connectivity index (χ3n) is 5.16. The maximum Gasteiger partial charge on any atom is 0.197 e. The number of ketones is 1. The monoisotopic (exact) mass is 342 g/mol. The van der Waals surface area contributed by atoms with Gasteiger partial charge in [0.2, 0.25) is 0 Å². The van der Waals surface area contributed by atoms with Crippen molar-refractivity contribution in [1.29, 1.82) is 0 Å². The molecule has 3 nitrogen and oxygen atoms in total. The minimum Gasteiger partial charge on any atom is -0.456 e. The summed E-state index contributed by atoms with van der Waals surface area (Å²) in [6.45, 7) is 2.55. The van der Waals surface area contributed by atoms with Crippen LogP contribution in [0.25, 0.3) is 16.8 Å². The number of hydrogen-bond acceptors (Lipinski definition) is 3. The van der Waals surface area contributed by atoms with Gasteiger partial charge in [0, 0.05) is 17.7 Å². The van der Waals surface area contributed by atoms with Gasteiger partial charge in [-0.25, -0.2) is 0 Å². The van der Waals surface area contributed by atoms with Crippen molar-refractivity contribution < 1.29 is 14.3 Å². The maximum absolute atomic E-state index is 13.3. The standard InChI is InChI=1S/C23H18O3/c1-2-14-25-23-20(24)13-11-16-7-5-9-18(21(16)23)26-19-12-10-15-6-3-4-8-17(15)22(19)23/h3-13H,2,14H2,1H3/t23-/m1/s1. The molecule has 0 amide bonds. The first-order chi connectivity index (χ1) is 12.8. The average Bonchev–Trinajstić information content (AvgIpc) is 2.68. The number of carbonyl (C=O) groups excluding carboxylic acids is 1. The van der Waals surface area contributed by atoms with Crippen molar-refractivity contribution in [1.82, 2.24) is 0 Å². The zero-order chi connectivity index (χ0) is 17.7. The third kappa shape index (κ3) is 1.89. The molecular weight excluding hydrogens is 324 g/mol. The number of benzene rings is 3. The van der Waals surface area contributed by atoms with Crippen molar-refractivity contribution >= 4 is 22.6 Å². The molecule has 2 aliphatic rings. The van der Waals surface area contributed by atoms with E-state index in [9.17, 15) is 4.79 Å². The van der Waals surface area contributed by atoms with Gasteiger partial charge in [-0.15, -0.1) is 0 Å². The Morgan fingerprint density at radius 1 is 0.923 bits per heavy atom. The summed E-state index contributed by atoms with van der Waals surface area (Å²) in [5, 5.41) is 2.06. The molecule has 3 aromatic carbocycles. The van der Waals surface area contributed by atoms with Gasteiger partial charge in [-0.3, -0.25) is 4.79 Å². The van der Waals surface area contributed by atoms with Gasteiger partial charge in [-0.2, -0.15) is 0 Å². The quantitative estimate of drug-likeness (QED) is 0.655. The molecule has 0 bridgehead atoms. The molecule has 128 valence electrons. The van der Waals surface area contributed by atoms with Gasteiger partial charge in [0.1, 0.15) is 11.5 Å². The van der Waals surface area contributed by atoms with Crippen molar-refractivity contribution in [2.24, 2.45) is 0 Å². The van der Waals surface area contributed by atoms with Gasteiger partial charge in [0.05, 0.1) is 0 Å². The smallest absolute Gasteiger partial charge is 0.197 e. The highest BCUT2D eigenvalue weighted by Crippen LogP contribution is 2.54. The number of rotatable bonds is 3. The summed E-state index contributed by atoms with van der Waals surface area (Å²) in [5.74, 6) is 1.33. The summed E-state index contributed by atoms with van der Waals surface area (Å²) in [4.78, 5) is 13.3. The number of carbonyl (C=O) groups is 1. The molecule has 0 N–H and O–H groups in total. The molecular formula is C23H18O3. The molecule has 0 radical (unpaired) electrons. The second kappa shape index (κ2) is 5.55. The molecule has 3 heteroatoms. The number of fused-ring (bicyclic) bond motifs is 4. The zero-order valence-corrected chi connectivity index (χ0v) is 14.5. The lowest BCUT2D eigenvalue weighted by atomic mass is 9.73. The lowest BCUT2D eigenvalue weighted by Crippen LogP contribution is -2.43. The predicted molar refractivity (Wildman–Crippen MR) is 102 cm³/mol. The normalized spacial score (nSPS) is 19.8. The van der Waals surface area contributed by atoms with Crippen LogP contribution < -0.4 is 4.74 Å². The van der Waals surface area contributed by atoms with Crippen molar-refractivity contribution in [2.45, 2.75) is 18.9 Å². The first kappa shape index (κ1) is 15.4. The minimum atomic E-state index is -1.15. The summed E-state index contributed by atoms with van der Waals surface area (Å²) in [6, 6.07) is 17.9. The van der Waals surface area contributed by atoms with Crippen LogP contribution in [0.5, 0.6) is 11.5 Å². The van der Waals surface area contributed by atoms with E-state index in [-0.39, 0.29) is 5.78 Å². The Morgan fingerprint density at radius 2 is 1.77 bits per heavy atom. The second-order valence-corrected chi connectivity index (χ2v) is 6.71. The lowest BCUT2D eigenvalue weighted by molar-refractivity contribution is -0.136. The van der Waals surface area contributed by atoms with Crippen LogP contribution in [0, 0.1) is 0 Å². The molecule has 1 aliphatic carbocycles. The number of hydrogen-bond donors (Lipinski definition) is 0. The molecule has 0 spiro atoms. The fraction of sp³-hybridized carbons (Fsp3) is 0.174. The van der Waals surface area contributed by atoms with E-state index in [0.717, 1.165) is 33.9 Å². The van der Waals surface area contributed by atoms with E-state index >= 15 is 0 Å². The molecule has 0 fully saturated rings. The van der Waals surface area contributed by atoms with E-state index in [4.69, 9.17) is 9.47 Å². The van der Waals surface area contributed by atoms with E-state index in [1.54, 1.807) is 6.08 Å². The first-order valence-corrected chi connectivity index (χ1v) is 8.96. The van der Waals surface area contributed by atoms with Crippen LogP contribution in [0.3, 0.4) is 0 Å². The van der Waals surface area contributed by atoms with Gasteiger partial charge in [0.15, 0.2) is 11.4 Å². The van der Waals surface area contributed by atoms with E-state index in [0.29, 0.717) is 18.1 Å². The van der Waals surface area contributed by atoms with Crippen molar-refractivity contribution in [3.8, 4) is 11.5 Å². The molecule has 1 aliphatic heterocycles. The topological polar surface area (TPSA) is 35.5 Å². The molecule has 26 heavy (non-hydrogen) atoms. The largest absolute Gasteiger partial charge is 0.456 e. The zero-order valence-electron chi connectivity index (χ0n) is 14.5. The van der Waals surface area contributed by atoms with Gasteiger partial charge in [-0.1, -0.05) is 55.5 Å². The summed E-state index contributed by atoms with van der Waals surface area (Å²) >= 11 is 0. The lowest BCUT2D eigenvalue weighted by Gasteiger charge is -2.41. The van der Waals surface area contributed by atoms with Crippen molar-refractivity contribution in [3.63, 3.8) is 0 Å². The molecule has 3 aromatic rings. The molecule has 0 saturated heterocycles. The average molecular weight is 342 g/mol. The Morgan fingerprint density at radius 3 is 2.65 bits per heavy atom. The van der Waals surface area contributed by atoms with Gasteiger partial charge in [-0.05, 0) is 41.0 Å². The Balaban J connectivity index is 1.93. The molecule has 0 unspecified atom stereocenters. The predicted octanol–water partition coefficient (Wildman–Crippen LogP) is 5.21. The molecule has 1 atom stereocenters. The summed E-state index contributed by atoms with van der Waals surface area (Å²) in [7, 11) is 0. The Bertz CT molecular complexity index is 1080. The highest BCUT2D eigenvalue weighted by molar-refractivity contribution is 6.10. The first-order valence-electron chi connectivity index (χ1n) is 8.96. The van der Waals surface area contributed by atoms with Crippen LogP contribution in [-0.2, 0) is 15.1 Å². The van der Waals surface area contributed by atoms with Crippen LogP contribution in [-0.4, -0.2) is 12.4 Å². The summed E-state index contributed by atoms with van der Waals surface area (Å²) in [5.41, 5.74) is 1.46. The molecule has 0 saturated carbocycles. The number of ether oxygens (including phenoxy) is 2. The van der Waals surface area contributed by atoms with E-state index in [2.05, 4.69) is 6.92 Å². The fourth-order valence-electron chi connectivity index (χ4n) is 4.09. The van der Waals surface area contributed by atoms with E-state index in [1.165, 1.54) is 0 Å². The Labute approximate surface area is 151 Å². The highest BCUT2D eigenvalue weighted by Gasteiger charge is 2.51. The van der Waals surface area contributed by atoms with Crippen LogP contribution in [0.15, 0.2) is 60.7 Å². The maximum atomic E-state index is 13.3. The third-order valence-corrected chi connectivity index (χ3v) is 5.16. The summed E-state index contributed by atoms with van der Waals surface area (Å²) < 4.78 is 12.6. The molecule has 5 rings (SSSR count). The van der Waals surface area contributed by atoms with Crippen molar-refractivity contribution in [2.75, 3.05) is 6.61 Å². The van der Waals surface area contributed by atoms with Crippen LogP contribution in [0.4, 0.5) is 0 Å². The van der Waals surface area contributed by atoms with Gasteiger partial charge in [0.25, 0.3) is 0 Å². The van der Waals surface area contributed by atoms with Crippen molar-refractivity contribution in [3.05, 3.63) is 77.4 Å². The SMILES string of the molecule is CCCO[C@]12C(=O)C=Cc3cccc(c31)Oc1ccc3ccccc3c12. The van der Waals surface area contributed by atoms with E-state index < -0.39 is 5.60 Å². The Kier molecular flexibility index (Phi) is 3.28. The van der Waals surface area contributed by atoms with Crippen LogP contribution >= 0.6 is 0 Å². The van der Waals surface area contributed by atoms with Crippen LogP contribution in [0.2, 0.25) is 0 Å². The fourth-order valence-corrected chi connectivity index (χ4v) is 4.09.